The topological polar surface area (TPSA) is 91.6 Å². The molecule has 0 aliphatic rings. The molecule has 31 heavy (non-hydrogen) atoms. The average Bonchev–Trinajstić information content (AvgIpc) is 3.19. The maximum atomic E-state index is 12.5. The third kappa shape index (κ3) is 5.38. The number of carboxylic acids is 1. The second kappa shape index (κ2) is 8.73. The van der Waals surface area contributed by atoms with E-state index in [4.69, 9.17) is 21.7 Å². The van der Waals surface area contributed by atoms with Gasteiger partial charge < -0.3 is 14.8 Å². The van der Waals surface area contributed by atoms with Gasteiger partial charge in [0.25, 0.3) is 5.91 Å². The van der Waals surface area contributed by atoms with Crippen molar-refractivity contribution in [1.82, 2.24) is 5.32 Å². The number of amides is 1. The molecule has 7 heteroatoms. The van der Waals surface area contributed by atoms with Crippen molar-refractivity contribution in [1.29, 1.82) is 0 Å². The lowest BCUT2D eigenvalue weighted by atomic mass is 9.87. The first kappa shape index (κ1) is 22.2. The Hall–Kier alpha value is -3.45. The molecule has 6 nitrogen and oxygen atoms in total. The van der Waals surface area contributed by atoms with Crippen molar-refractivity contribution in [2.75, 3.05) is 5.32 Å². The number of hydrogen-bond acceptors (Lipinski definition) is 4. The van der Waals surface area contributed by atoms with E-state index in [0.29, 0.717) is 22.6 Å². The van der Waals surface area contributed by atoms with E-state index in [1.54, 1.807) is 24.3 Å². The van der Waals surface area contributed by atoms with E-state index in [1.165, 1.54) is 6.07 Å². The minimum atomic E-state index is -1.13. The molecule has 0 saturated carbocycles. The lowest BCUT2D eigenvalue weighted by molar-refractivity contribution is 0.0663. The van der Waals surface area contributed by atoms with E-state index in [1.807, 2.05) is 31.2 Å². The number of carbonyl (C=O) groups excluding carboxylic acids is 1. The highest BCUT2D eigenvalue weighted by Gasteiger charge is 2.16. The number of nitrogens with one attached hydrogen (secondary N) is 2. The van der Waals surface area contributed by atoms with Crippen molar-refractivity contribution in [2.45, 2.75) is 33.1 Å². The first-order valence-electron chi connectivity index (χ1n) is 9.71. The Kier molecular flexibility index (Phi) is 6.27. The Bertz CT molecular complexity index is 1140. The molecule has 0 aliphatic carbocycles. The van der Waals surface area contributed by atoms with Crippen molar-refractivity contribution in [3.8, 4) is 11.3 Å². The van der Waals surface area contributed by atoms with Crippen LogP contribution in [0.25, 0.3) is 11.3 Å². The predicted molar refractivity (Wildman–Crippen MR) is 125 cm³/mol. The van der Waals surface area contributed by atoms with Gasteiger partial charge in [-0.25, -0.2) is 4.79 Å². The molecule has 0 fully saturated rings. The van der Waals surface area contributed by atoms with Crippen LogP contribution in [0.5, 0.6) is 0 Å². The molecule has 3 aromatic rings. The average molecular weight is 437 g/mol. The van der Waals surface area contributed by atoms with Crippen LogP contribution in [0.15, 0.2) is 59.0 Å². The van der Waals surface area contributed by atoms with Gasteiger partial charge in [0, 0.05) is 16.8 Å². The van der Waals surface area contributed by atoms with Crippen LogP contribution < -0.4 is 10.6 Å². The summed E-state index contributed by atoms with van der Waals surface area (Å²) in [5.74, 6) is -1.14. The molecule has 0 atom stereocenters. The third-order valence-corrected chi connectivity index (χ3v) is 5.03. The van der Waals surface area contributed by atoms with E-state index < -0.39 is 5.97 Å². The van der Waals surface area contributed by atoms with Crippen LogP contribution in [-0.4, -0.2) is 22.1 Å². The highest BCUT2D eigenvalue weighted by atomic mass is 32.1. The highest BCUT2D eigenvalue weighted by Crippen LogP contribution is 2.27. The largest absolute Gasteiger partial charge is 0.475 e. The minimum Gasteiger partial charge on any atom is -0.475 e. The van der Waals surface area contributed by atoms with Crippen molar-refractivity contribution < 1.29 is 19.1 Å². The number of carbonyl (C=O) groups is 2. The lowest BCUT2D eigenvalue weighted by Crippen LogP contribution is -2.34. The molecule has 1 aromatic heterocycles. The molecule has 0 aliphatic heterocycles. The highest BCUT2D eigenvalue weighted by molar-refractivity contribution is 7.80. The zero-order valence-corrected chi connectivity index (χ0v) is 18.6. The summed E-state index contributed by atoms with van der Waals surface area (Å²) >= 11 is 5.31. The molecule has 0 bridgehead atoms. The molecule has 3 N–H and O–H groups in total. The number of benzene rings is 2. The van der Waals surface area contributed by atoms with E-state index in [2.05, 4.69) is 31.4 Å². The molecular formula is C24H24N2O4S. The minimum absolute atomic E-state index is 0.00757. The van der Waals surface area contributed by atoms with Crippen LogP contribution in [0.4, 0.5) is 5.69 Å². The number of hydrogen-bond donors (Lipinski definition) is 3. The van der Waals surface area contributed by atoms with Gasteiger partial charge in [-0.15, -0.1) is 0 Å². The summed E-state index contributed by atoms with van der Waals surface area (Å²) in [6, 6.07) is 15.9. The Morgan fingerprint density at radius 1 is 1.00 bits per heavy atom. The standard InChI is InChI=1S/C24H24N2O4S/c1-14-5-6-16(19-11-12-20(30-19)22(28)29)13-18(14)25-23(31)26-21(27)15-7-9-17(10-8-15)24(2,3)4/h5-13H,1-4H3,(H,28,29)(H2,25,26,27,31). The van der Waals surface area contributed by atoms with Gasteiger partial charge in [0.2, 0.25) is 5.76 Å². The number of thiocarbonyl (C=S) groups is 1. The molecule has 1 amide bonds. The van der Waals surface area contributed by atoms with Gasteiger partial charge in [0.05, 0.1) is 0 Å². The van der Waals surface area contributed by atoms with Crippen molar-refractivity contribution >= 4 is 34.9 Å². The number of carboxylic acid groups (broad SMARTS) is 1. The molecule has 0 spiro atoms. The van der Waals surface area contributed by atoms with Gasteiger partial charge in [-0.1, -0.05) is 45.0 Å². The maximum Gasteiger partial charge on any atom is 0.371 e. The zero-order valence-electron chi connectivity index (χ0n) is 17.8. The number of aryl methyl sites for hydroxylation is 1. The molecule has 160 valence electrons. The van der Waals surface area contributed by atoms with E-state index in [9.17, 15) is 9.59 Å². The first-order valence-corrected chi connectivity index (χ1v) is 10.1. The fourth-order valence-corrected chi connectivity index (χ4v) is 3.17. The van der Waals surface area contributed by atoms with Crippen molar-refractivity contribution in [2.24, 2.45) is 0 Å². The summed E-state index contributed by atoms with van der Waals surface area (Å²) in [4.78, 5) is 23.6. The van der Waals surface area contributed by atoms with Crippen LogP contribution in [0.2, 0.25) is 0 Å². The number of rotatable bonds is 4. The second-order valence-electron chi connectivity index (χ2n) is 8.23. The number of anilines is 1. The van der Waals surface area contributed by atoms with E-state index in [-0.39, 0.29) is 22.2 Å². The Labute approximate surface area is 186 Å². The van der Waals surface area contributed by atoms with Gasteiger partial charge in [-0.05, 0) is 66.0 Å². The van der Waals surface area contributed by atoms with Crippen LogP contribution in [0.3, 0.4) is 0 Å². The molecule has 0 unspecified atom stereocenters. The quantitative estimate of drug-likeness (QED) is 0.476. The monoisotopic (exact) mass is 436 g/mol. The van der Waals surface area contributed by atoms with Gasteiger partial charge in [0.1, 0.15) is 5.76 Å². The van der Waals surface area contributed by atoms with Crippen LogP contribution in [0.1, 0.15) is 52.8 Å². The molecule has 0 saturated heterocycles. The smallest absolute Gasteiger partial charge is 0.371 e. The van der Waals surface area contributed by atoms with Gasteiger partial charge in [0.15, 0.2) is 5.11 Å². The van der Waals surface area contributed by atoms with Crippen LogP contribution in [-0.2, 0) is 5.41 Å². The predicted octanol–water partition coefficient (Wildman–Crippen LogP) is 5.38. The van der Waals surface area contributed by atoms with Crippen LogP contribution in [0, 0.1) is 6.92 Å². The fourth-order valence-electron chi connectivity index (χ4n) is 2.97. The number of aromatic carboxylic acids is 1. The number of furan rings is 1. The summed E-state index contributed by atoms with van der Waals surface area (Å²) < 4.78 is 5.36. The maximum absolute atomic E-state index is 12.5. The van der Waals surface area contributed by atoms with Gasteiger partial charge in [-0.2, -0.15) is 0 Å². The summed E-state index contributed by atoms with van der Waals surface area (Å²) in [6.07, 6.45) is 0. The summed E-state index contributed by atoms with van der Waals surface area (Å²) in [7, 11) is 0. The fraction of sp³-hybridized carbons (Fsp3) is 0.208. The second-order valence-corrected chi connectivity index (χ2v) is 8.64. The van der Waals surface area contributed by atoms with Crippen molar-refractivity contribution in [3.63, 3.8) is 0 Å². The molecular weight excluding hydrogens is 412 g/mol. The summed E-state index contributed by atoms with van der Waals surface area (Å²) in [6.45, 7) is 8.24. The molecule has 0 radical (unpaired) electrons. The Morgan fingerprint density at radius 3 is 2.26 bits per heavy atom. The Morgan fingerprint density at radius 2 is 1.68 bits per heavy atom. The van der Waals surface area contributed by atoms with Crippen LogP contribution >= 0.6 is 12.2 Å². The first-order chi connectivity index (χ1) is 14.5. The van der Waals surface area contributed by atoms with Gasteiger partial charge in [-0.3, -0.25) is 10.1 Å². The summed E-state index contributed by atoms with van der Waals surface area (Å²) in [5, 5.41) is 14.9. The zero-order chi connectivity index (χ0) is 22.8. The van der Waals surface area contributed by atoms with E-state index in [0.717, 1.165) is 11.1 Å². The van der Waals surface area contributed by atoms with Crippen molar-refractivity contribution in [3.05, 3.63) is 77.0 Å². The molecule has 3 rings (SSSR count). The lowest BCUT2D eigenvalue weighted by Gasteiger charge is -2.19. The molecule has 2 aromatic carbocycles. The molecule has 1 heterocycles. The summed E-state index contributed by atoms with van der Waals surface area (Å²) in [5.41, 5.74) is 3.93. The third-order valence-electron chi connectivity index (χ3n) is 4.83. The SMILES string of the molecule is Cc1ccc(-c2ccc(C(=O)O)o2)cc1NC(=S)NC(=O)c1ccc(C(C)(C)C)cc1. The van der Waals surface area contributed by atoms with E-state index >= 15 is 0 Å². The Balaban J connectivity index is 1.71. The van der Waals surface area contributed by atoms with Gasteiger partial charge >= 0.3 is 5.97 Å². The normalized spacial score (nSPS) is 11.1.